The van der Waals surface area contributed by atoms with Crippen LogP contribution in [0.5, 0.6) is 0 Å². The van der Waals surface area contributed by atoms with Crippen LogP contribution < -0.4 is 4.90 Å². The molecule has 0 aromatic heterocycles. The third kappa shape index (κ3) is 5.78. The molecule has 4 rings (SSSR count). The fourth-order valence-electron chi connectivity index (χ4n) is 5.63. The molecule has 0 radical (unpaired) electrons. The number of anilines is 1. The Morgan fingerprint density at radius 2 is 1.52 bits per heavy atom. The van der Waals surface area contributed by atoms with Gasteiger partial charge < -0.3 is 19.4 Å². The molecule has 182 valence electrons. The number of ether oxygens (including phenoxy) is 1. The highest BCUT2D eigenvalue weighted by molar-refractivity contribution is 5.68. The number of nitrogens with zero attached hydrogens (tertiary/aromatic N) is 4. The zero-order valence-corrected chi connectivity index (χ0v) is 20.3. The molecule has 3 saturated heterocycles. The number of amides is 1. The van der Waals surface area contributed by atoms with Crippen molar-refractivity contribution < 1.29 is 14.5 Å². The molecule has 8 heteroatoms. The summed E-state index contributed by atoms with van der Waals surface area (Å²) in [7, 11) is 0. The van der Waals surface area contributed by atoms with Gasteiger partial charge >= 0.3 is 6.09 Å². The predicted octanol–water partition coefficient (Wildman–Crippen LogP) is 4.68. The molecule has 33 heavy (non-hydrogen) atoms. The lowest BCUT2D eigenvalue weighted by Gasteiger charge is -2.49. The van der Waals surface area contributed by atoms with Crippen LogP contribution in [-0.4, -0.2) is 71.7 Å². The molecule has 1 aromatic rings. The minimum atomic E-state index is -0.439. The third-order valence-electron chi connectivity index (χ3n) is 7.74. The molecular formula is C25H38N4O4. The Morgan fingerprint density at radius 1 is 0.970 bits per heavy atom. The van der Waals surface area contributed by atoms with Gasteiger partial charge in [0.2, 0.25) is 0 Å². The Balaban J connectivity index is 1.22. The molecule has 0 N–H and O–H groups in total. The van der Waals surface area contributed by atoms with E-state index < -0.39 is 5.60 Å². The van der Waals surface area contributed by atoms with Gasteiger partial charge in [-0.05, 0) is 89.9 Å². The molecule has 3 fully saturated rings. The van der Waals surface area contributed by atoms with E-state index in [0.29, 0.717) is 11.5 Å². The van der Waals surface area contributed by atoms with Crippen molar-refractivity contribution in [3.8, 4) is 0 Å². The normalized spacial score (nSPS) is 22.4. The molecule has 1 aromatic carbocycles. The van der Waals surface area contributed by atoms with E-state index in [1.54, 1.807) is 12.1 Å². The zero-order valence-electron chi connectivity index (χ0n) is 20.3. The fraction of sp³-hybridized carbons (Fsp3) is 0.720. The van der Waals surface area contributed by atoms with Crippen molar-refractivity contribution in [3.63, 3.8) is 0 Å². The summed E-state index contributed by atoms with van der Waals surface area (Å²) in [4.78, 5) is 29.8. The van der Waals surface area contributed by atoms with Crippen LogP contribution >= 0.6 is 0 Å². The van der Waals surface area contributed by atoms with E-state index in [4.69, 9.17) is 4.74 Å². The summed E-state index contributed by atoms with van der Waals surface area (Å²) in [6.07, 6.45) is 6.70. The number of non-ortho nitro benzene ring substituents is 1. The monoisotopic (exact) mass is 458 g/mol. The van der Waals surface area contributed by atoms with Crippen molar-refractivity contribution in [3.05, 3.63) is 34.4 Å². The summed E-state index contributed by atoms with van der Waals surface area (Å²) in [6, 6.07) is 7.55. The number of carbonyl (C=O) groups excluding carboxylic acids is 1. The third-order valence-corrected chi connectivity index (χ3v) is 7.74. The molecule has 1 amide bonds. The largest absolute Gasteiger partial charge is 0.444 e. The average molecular weight is 459 g/mol. The van der Waals surface area contributed by atoms with Crippen LogP contribution in [0.2, 0.25) is 0 Å². The van der Waals surface area contributed by atoms with Crippen LogP contribution in [0, 0.1) is 15.5 Å². The number of carbonyl (C=O) groups is 1. The topological polar surface area (TPSA) is 79.2 Å². The highest BCUT2D eigenvalue weighted by Gasteiger charge is 2.40. The second kappa shape index (κ2) is 9.49. The maximum Gasteiger partial charge on any atom is 0.410 e. The van der Waals surface area contributed by atoms with Gasteiger partial charge in [-0.1, -0.05) is 0 Å². The summed E-state index contributed by atoms with van der Waals surface area (Å²) in [5, 5.41) is 10.9. The summed E-state index contributed by atoms with van der Waals surface area (Å²) < 4.78 is 5.55. The van der Waals surface area contributed by atoms with Crippen LogP contribution in [0.3, 0.4) is 0 Å². The first-order chi connectivity index (χ1) is 15.6. The van der Waals surface area contributed by atoms with E-state index in [2.05, 4.69) is 9.80 Å². The van der Waals surface area contributed by atoms with Gasteiger partial charge in [-0.15, -0.1) is 0 Å². The molecule has 0 unspecified atom stereocenters. The van der Waals surface area contributed by atoms with Crippen molar-refractivity contribution in [2.45, 2.75) is 70.9 Å². The Bertz CT molecular complexity index is 825. The Labute approximate surface area is 197 Å². The van der Waals surface area contributed by atoms with Crippen LogP contribution in [-0.2, 0) is 4.74 Å². The molecule has 1 spiro atoms. The molecule has 0 atom stereocenters. The van der Waals surface area contributed by atoms with Gasteiger partial charge in [-0.25, -0.2) is 4.79 Å². The predicted molar refractivity (Wildman–Crippen MR) is 129 cm³/mol. The van der Waals surface area contributed by atoms with Crippen molar-refractivity contribution in [1.82, 2.24) is 9.80 Å². The average Bonchev–Trinajstić information content (AvgIpc) is 2.79. The first-order valence-electron chi connectivity index (χ1n) is 12.4. The van der Waals surface area contributed by atoms with Crippen LogP contribution in [0.4, 0.5) is 16.2 Å². The maximum atomic E-state index is 12.4. The van der Waals surface area contributed by atoms with Crippen molar-refractivity contribution in [2.24, 2.45) is 5.41 Å². The van der Waals surface area contributed by atoms with Crippen LogP contribution in [0.15, 0.2) is 24.3 Å². The number of rotatable bonds is 3. The van der Waals surface area contributed by atoms with Gasteiger partial charge in [0.15, 0.2) is 0 Å². The number of benzene rings is 1. The maximum absolute atomic E-state index is 12.4. The number of piperidine rings is 3. The lowest BCUT2D eigenvalue weighted by molar-refractivity contribution is -0.384. The quantitative estimate of drug-likeness (QED) is 0.483. The number of hydrogen-bond acceptors (Lipinski definition) is 6. The molecule has 0 saturated carbocycles. The minimum absolute atomic E-state index is 0.146. The molecule has 0 aliphatic carbocycles. The van der Waals surface area contributed by atoms with Gasteiger partial charge in [0, 0.05) is 50.0 Å². The Morgan fingerprint density at radius 3 is 2.03 bits per heavy atom. The van der Waals surface area contributed by atoms with Gasteiger partial charge in [-0.2, -0.15) is 0 Å². The number of hydrogen-bond donors (Lipinski definition) is 0. The standard InChI is InChI=1S/C25H38N4O4/c1-24(2,3)33-23(30)28-18-12-25(13-19-28)10-16-27(17-11-25)21-8-14-26(15-9-21)20-4-6-22(7-5-20)29(31)32/h4-7,21H,8-19H2,1-3H3. The lowest BCUT2D eigenvalue weighted by atomic mass is 9.71. The van der Waals surface area contributed by atoms with Gasteiger partial charge in [0.05, 0.1) is 4.92 Å². The number of nitro benzene ring substituents is 1. The summed E-state index contributed by atoms with van der Waals surface area (Å²) in [5.74, 6) is 0. The second-order valence-electron chi connectivity index (χ2n) is 11.0. The van der Waals surface area contributed by atoms with E-state index in [-0.39, 0.29) is 16.7 Å². The van der Waals surface area contributed by atoms with Gasteiger partial charge in [-0.3, -0.25) is 10.1 Å². The van der Waals surface area contributed by atoms with Gasteiger partial charge in [0.25, 0.3) is 5.69 Å². The number of likely N-dealkylation sites (tertiary alicyclic amines) is 2. The van der Waals surface area contributed by atoms with E-state index in [9.17, 15) is 14.9 Å². The first kappa shape index (κ1) is 23.8. The van der Waals surface area contributed by atoms with E-state index in [1.807, 2.05) is 37.8 Å². The molecule has 8 nitrogen and oxygen atoms in total. The van der Waals surface area contributed by atoms with Crippen molar-refractivity contribution >= 4 is 17.5 Å². The summed E-state index contributed by atoms with van der Waals surface area (Å²) >= 11 is 0. The summed E-state index contributed by atoms with van der Waals surface area (Å²) in [5.41, 5.74) is 1.17. The molecule has 3 heterocycles. The van der Waals surface area contributed by atoms with Crippen LogP contribution in [0.25, 0.3) is 0 Å². The van der Waals surface area contributed by atoms with E-state index in [0.717, 1.165) is 70.6 Å². The second-order valence-corrected chi connectivity index (χ2v) is 11.0. The van der Waals surface area contributed by atoms with Crippen LogP contribution in [0.1, 0.15) is 59.3 Å². The first-order valence-corrected chi connectivity index (χ1v) is 12.4. The molecule has 3 aliphatic heterocycles. The Hall–Kier alpha value is -2.35. The minimum Gasteiger partial charge on any atom is -0.444 e. The zero-order chi connectivity index (χ0) is 23.6. The highest BCUT2D eigenvalue weighted by atomic mass is 16.6. The van der Waals surface area contributed by atoms with Crippen molar-refractivity contribution in [1.29, 1.82) is 0 Å². The highest BCUT2D eigenvalue weighted by Crippen LogP contribution is 2.42. The van der Waals surface area contributed by atoms with Crippen molar-refractivity contribution in [2.75, 3.05) is 44.2 Å². The Kier molecular flexibility index (Phi) is 6.84. The molecule has 0 bridgehead atoms. The lowest BCUT2D eigenvalue weighted by Crippen LogP contribution is -2.52. The molecular weight excluding hydrogens is 420 g/mol. The van der Waals surface area contributed by atoms with Gasteiger partial charge in [0.1, 0.15) is 5.60 Å². The summed E-state index contributed by atoms with van der Waals surface area (Å²) in [6.45, 7) is 11.7. The smallest absolute Gasteiger partial charge is 0.410 e. The van der Waals surface area contributed by atoms with E-state index in [1.165, 1.54) is 12.8 Å². The fourth-order valence-corrected chi connectivity index (χ4v) is 5.63. The SMILES string of the molecule is CC(C)(C)OC(=O)N1CCC2(CC1)CCN(C1CCN(c3ccc([N+](=O)[O-])cc3)CC1)CC2. The van der Waals surface area contributed by atoms with E-state index >= 15 is 0 Å². The number of nitro groups is 1. The molecule has 3 aliphatic rings.